The second-order valence-electron chi connectivity index (χ2n) is 7.29. The van der Waals surface area contributed by atoms with Crippen LogP contribution in [0.2, 0.25) is 0 Å². The Hall–Kier alpha value is -4.05. The number of rotatable bonds is 10. The van der Waals surface area contributed by atoms with E-state index in [0.29, 0.717) is 23.5 Å². The zero-order chi connectivity index (χ0) is 23.7. The normalized spacial score (nSPS) is 10.9. The average molecular weight is 434 g/mol. The second-order valence-corrected chi connectivity index (χ2v) is 7.29. The zero-order valence-electron chi connectivity index (χ0n) is 18.3. The van der Waals surface area contributed by atoms with E-state index < -0.39 is 11.9 Å². The molecule has 2 N–H and O–H groups in total. The molecule has 0 aliphatic rings. The van der Waals surface area contributed by atoms with E-state index in [1.165, 1.54) is 25.3 Å². The monoisotopic (exact) mass is 434 g/mol. The molecule has 0 radical (unpaired) electrons. The summed E-state index contributed by atoms with van der Waals surface area (Å²) in [4.78, 5) is 23.2. The average Bonchev–Trinajstić information content (AvgIpc) is 2.76. The number of methoxy groups -OCH3 is 1. The largest absolute Gasteiger partial charge is 0.493 e. The number of ether oxygens (including phenoxy) is 2. The Morgan fingerprint density at radius 1 is 1.25 bits per heavy atom. The number of aromatic carboxylic acids is 1. The van der Waals surface area contributed by atoms with Gasteiger partial charge < -0.3 is 19.9 Å². The fourth-order valence-electron chi connectivity index (χ4n) is 2.94. The molecule has 1 amide bonds. The van der Waals surface area contributed by atoms with E-state index in [-0.39, 0.29) is 23.8 Å². The standard InChI is InChI=1S/C25H26N2O5/c1-5-6-20-11-18(12-21(14-26)24(28)27-16(2)3)13-22(31-4)23(20)32-15-17-7-9-19(10-8-17)25(29)30/h5,7-13,16H,1,6,15H2,2-4H3,(H,27,28)(H,29,30)/b21-12-. The minimum absolute atomic E-state index is 0.0162. The second kappa shape index (κ2) is 11.4. The number of nitrogens with zero attached hydrogens (tertiary/aromatic N) is 1. The van der Waals surface area contributed by atoms with Crippen LogP contribution in [0.1, 0.15) is 40.9 Å². The number of carboxylic acids is 1. The molecule has 0 saturated heterocycles. The Labute approximate surface area is 187 Å². The number of carboxylic acid groups (broad SMARTS) is 1. The van der Waals surface area contributed by atoms with Gasteiger partial charge in [0.25, 0.3) is 5.91 Å². The number of hydrogen-bond acceptors (Lipinski definition) is 5. The van der Waals surface area contributed by atoms with E-state index >= 15 is 0 Å². The Morgan fingerprint density at radius 3 is 2.47 bits per heavy atom. The summed E-state index contributed by atoms with van der Waals surface area (Å²) < 4.78 is 11.5. The lowest BCUT2D eigenvalue weighted by atomic mass is 10.0. The zero-order valence-corrected chi connectivity index (χ0v) is 18.3. The minimum atomic E-state index is -0.991. The van der Waals surface area contributed by atoms with Crippen LogP contribution < -0.4 is 14.8 Å². The van der Waals surface area contributed by atoms with Crippen LogP contribution in [0.3, 0.4) is 0 Å². The molecule has 0 atom stereocenters. The first-order valence-corrected chi connectivity index (χ1v) is 9.98. The molecule has 0 bridgehead atoms. The molecule has 2 aromatic rings. The van der Waals surface area contributed by atoms with Gasteiger partial charge in [-0.3, -0.25) is 4.79 Å². The minimum Gasteiger partial charge on any atom is -0.493 e. The maximum Gasteiger partial charge on any atom is 0.335 e. The molecule has 0 saturated carbocycles. The first kappa shape index (κ1) is 24.2. The first-order chi connectivity index (χ1) is 15.3. The number of benzene rings is 2. The number of carbonyl (C=O) groups excluding carboxylic acids is 1. The molecule has 0 aliphatic heterocycles. The lowest BCUT2D eigenvalue weighted by molar-refractivity contribution is -0.117. The Balaban J connectivity index is 2.36. The highest BCUT2D eigenvalue weighted by Crippen LogP contribution is 2.35. The predicted octanol–water partition coefficient (Wildman–Crippen LogP) is 4.13. The highest BCUT2D eigenvalue weighted by Gasteiger charge is 2.15. The lowest BCUT2D eigenvalue weighted by Crippen LogP contribution is -2.30. The Morgan fingerprint density at radius 2 is 1.94 bits per heavy atom. The molecule has 166 valence electrons. The van der Waals surface area contributed by atoms with Crippen LogP contribution in [0.25, 0.3) is 6.08 Å². The highest BCUT2D eigenvalue weighted by atomic mass is 16.5. The van der Waals surface area contributed by atoms with Crippen LogP contribution in [0, 0.1) is 11.3 Å². The van der Waals surface area contributed by atoms with E-state index in [4.69, 9.17) is 14.6 Å². The topological polar surface area (TPSA) is 109 Å². The fraction of sp³-hybridized carbons (Fsp3) is 0.240. The molecule has 0 unspecified atom stereocenters. The summed E-state index contributed by atoms with van der Waals surface area (Å²) >= 11 is 0. The number of amides is 1. The highest BCUT2D eigenvalue weighted by molar-refractivity contribution is 6.01. The van der Waals surface area contributed by atoms with E-state index in [1.54, 1.807) is 24.3 Å². The van der Waals surface area contributed by atoms with Crippen molar-refractivity contribution in [2.75, 3.05) is 7.11 Å². The van der Waals surface area contributed by atoms with Crippen molar-refractivity contribution >= 4 is 18.0 Å². The molecule has 0 spiro atoms. The van der Waals surface area contributed by atoms with Gasteiger partial charge >= 0.3 is 5.97 Å². The Bertz CT molecular complexity index is 1060. The van der Waals surface area contributed by atoms with E-state index in [0.717, 1.165) is 11.1 Å². The first-order valence-electron chi connectivity index (χ1n) is 9.98. The summed E-state index contributed by atoms with van der Waals surface area (Å²) in [7, 11) is 1.51. The third-order valence-electron chi connectivity index (χ3n) is 4.42. The van der Waals surface area contributed by atoms with Gasteiger partial charge in [0.1, 0.15) is 18.2 Å². The maximum absolute atomic E-state index is 12.2. The van der Waals surface area contributed by atoms with Gasteiger partial charge in [-0.25, -0.2) is 4.79 Å². The smallest absolute Gasteiger partial charge is 0.335 e. The third kappa shape index (κ3) is 6.47. The fourth-order valence-corrected chi connectivity index (χ4v) is 2.94. The number of allylic oxidation sites excluding steroid dienone is 1. The van der Waals surface area contributed by atoms with Crippen molar-refractivity contribution in [1.29, 1.82) is 5.26 Å². The van der Waals surface area contributed by atoms with E-state index in [2.05, 4.69) is 11.9 Å². The van der Waals surface area contributed by atoms with E-state index in [9.17, 15) is 14.9 Å². The van der Waals surface area contributed by atoms with Crippen LogP contribution in [0.5, 0.6) is 11.5 Å². The molecule has 32 heavy (non-hydrogen) atoms. The van der Waals surface area contributed by atoms with Crippen molar-refractivity contribution < 1.29 is 24.2 Å². The number of nitriles is 1. The lowest BCUT2D eigenvalue weighted by Gasteiger charge is -2.16. The van der Waals surface area contributed by atoms with Gasteiger partial charge in [0.05, 0.1) is 12.7 Å². The number of nitrogens with one attached hydrogen (secondary N) is 1. The molecule has 7 heteroatoms. The Kier molecular flexibility index (Phi) is 8.61. The molecule has 0 fully saturated rings. The van der Waals surface area contributed by atoms with Gasteiger partial charge in [0.15, 0.2) is 11.5 Å². The summed E-state index contributed by atoms with van der Waals surface area (Å²) in [6.07, 6.45) is 3.69. The van der Waals surface area contributed by atoms with Crippen molar-refractivity contribution in [3.8, 4) is 17.6 Å². The third-order valence-corrected chi connectivity index (χ3v) is 4.42. The number of carbonyl (C=O) groups is 2. The van der Waals surface area contributed by atoms with Gasteiger partial charge in [-0.05, 0) is 61.7 Å². The molecule has 7 nitrogen and oxygen atoms in total. The van der Waals surface area contributed by atoms with Crippen LogP contribution in [-0.2, 0) is 17.8 Å². The van der Waals surface area contributed by atoms with Gasteiger partial charge in [-0.15, -0.1) is 6.58 Å². The van der Waals surface area contributed by atoms with Crippen LogP contribution in [0.4, 0.5) is 0 Å². The van der Waals surface area contributed by atoms with Gasteiger partial charge in [-0.2, -0.15) is 5.26 Å². The molecule has 0 heterocycles. The van der Waals surface area contributed by atoms with E-state index in [1.807, 2.05) is 26.0 Å². The van der Waals surface area contributed by atoms with Crippen molar-refractivity contribution in [1.82, 2.24) is 5.32 Å². The van der Waals surface area contributed by atoms with Crippen molar-refractivity contribution in [2.45, 2.75) is 32.9 Å². The molecular weight excluding hydrogens is 408 g/mol. The van der Waals surface area contributed by atoms with Crippen molar-refractivity contribution in [3.05, 3.63) is 76.9 Å². The molecule has 0 aromatic heterocycles. The summed E-state index contributed by atoms with van der Waals surface area (Å²) in [6.45, 7) is 7.62. The summed E-state index contributed by atoms with van der Waals surface area (Å²) in [5.74, 6) is -0.483. The van der Waals surface area contributed by atoms with Crippen molar-refractivity contribution in [2.24, 2.45) is 0 Å². The van der Waals surface area contributed by atoms with Crippen LogP contribution in [0.15, 0.2) is 54.6 Å². The van der Waals surface area contributed by atoms with Gasteiger partial charge in [0, 0.05) is 11.6 Å². The van der Waals surface area contributed by atoms with Crippen LogP contribution in [-0.4, -0.2) is 30.1 Å². The molecule has 2 aromatic carbocycles. The predicted molar refractivity (Wildman–Crippen MR) is 121 cm³/mol. The SMILES string of the molecule is C=CCc1cc(/C=C(/C#N)C(=O)NC(C)C)cc(OC)c1OCc1ccc(C(=O)O)cc1. The van der Waals surface area contributed by atoms with Gasteiger partial charge in [0.2, 0.25) is 0 Å². The summed E-state index contributed by atoms with van der Waals surface area (Å²) in [5, 5.41) is 21.1. The van der Waals surface area contributed by atoms with Crippen molar-refractivity contribution in [3.63, 3.8) is 0 Å². The molecule has 0 aliphatic carbocycles. The van der Waals surface area contributed by atoms with Crippen LogP contribution >= 0.6 is 0 Å². The number of hydrogen-bond donors (Lipinski definition) is 2. The summed E-state index contributed by atoms with van der Waals surface area (Å²) in [5.41, 5.74) is 2.37. The molecular formula is C25H26N2O5. The molecule has 2 rings (SSSR count). The van der Waals surface area contributed by atoms with Gasteiger partial charge in [-0.1, -0.05) is 18.2 Å². The summed E-state index contributed by atoms with van der Waals surface area (Å²) in [6, 6.07) is 11.8. The quantitative estimate of drug-likeness (QED) is 0.331. The maximum atomic E-state index is 12.2.